The van der Waals surface area contributed by atoms with E-state index >= 15 is 0 Å². The molecule has 0 aliphatic rings. The second-order valence-electron chi connectivity index (χ2n) is 4.71. The van der Waals surface area contributed by atoms with Crippen LogP contribution in [-0.4, -0.2) is 34.1 Å². The fraction of sp³-hybridized carbons (Fsp3) is 0.692. The number of unbranched alkanes of at least 4 members (excludes halogenated alkanes) is 1. The zero-order valence-corrected chi connectivity index (χ0v) is 11.3. The first kappa shape index (κ1) is 14.7. The van der Waals surface area contributed by atoms with Gasteiger partial charge in [0.15, 0.2) is 5.54 Å². The molecule has 0 aliphatic heterocycles. The molecule has 0 saturated heterocycles. The number of carbonyl (C=O) groups is 1. The maximum Gasteiger partial charge on any atom is 0.333 e. The third-order valence-corrected chi connectivity index (χ3v) is 2.83. The first-order valence-electron chi connectivity index (χ1n) is 6.35. The highest BCUT2D eigenvalue weighted by molar-refractivity contribution is 5.77. The molecule has 0 aliphatic carbocycles. The summed E-state index contributed by atoms with van der Waals surface area (Å²) >= 11 is 0. The molecular weight excluding hydrogens is 232 g/mol. The van der Waals surface area contributed by atoms with Gasteiger partial charge in [0.05, 0.1) is 12.3 Å². The molecule has 1 aromatic heterocycles. The van der Waals surface area contributed by atoms with Gasteiger partial charge in [0.1, 0.15) is 0 Å². The number of rotatable bonds is 7. The molecule has 0 bridgehead atoms. The first-order valence-corrected chi connectivity index (χ1v) is 6.35. The van der Waals surface area contributed by atoms with Gasteiger partial charge in [0, 0.05) is 12.8 Å². The molecule has 1 rings (SSSR count). The molecule has 18 heavy (non-hydrogen) atoms. The van der Waals surface area contributed by atoms with Crippen molar-refractivity contribution in [1.29, 1.82) is 0 Å². The summed E-state index contributed by atoms with van der Waals surface area (Å²) < 4.78 is 6.67. The Kier molecular flexibility index (Phi) is 5.34. The minimum atomic E-state index is -0.786. The predicted molar refractivity (Wildman–Crippen MR) is 68.2 cm³/mol. The maximum atomic E-state index is 11.8. The van der Waals surface area contributed by atoms with Crippen molar-refractivity contribution in [3.8, 4) is 0 Å². The molecule has 0 saturated carbocycles. The van der Waals surface area contributed by atoms with E-state index in [0.29, 0.717) is 6.61 Å². The Hall–Kier alpha value is -1.36. The lowest BCUT2D eigenvalue weighted by Gasteiger charge is -2.22. The van der Waals surface area contributed by atoms with Gasteiger partial charge in [-0.2, -0.15) is 5.10 Å². The van der Waals surface area contributed by atoms with E-state index in [1.807, 2.05) is 6.07 Å². The molecule has 1 aromatic rings. The number of hydrogen-bond donors (Lipinski definition) is 1. The Bertz CT molecular complexity index is 385. The first-order chi connectivity index (χ1) is 8.52. The van der Waals surface area contributed by atoms with Crippen LogP contribution < -0.4 is 0 Å². The van der Waals surface area contributed by atoms with Crippen molar-refractivity contribution in [1.82, 2.24) is 9.78 Å². The largest absolute Gasteiger partial charge is 0.464 e. The van der Waals surface area contributed by atoms with Crippen LogP contribution in [0.5, 0.6) is 0 Å². The second kappa shape index (κ2) is 6.54. The van der Waals surface area contributed by atoms with Crippen LogP contribution in [0.2, 0.25) is 0 Å². The number of esters is 1. The number of aromatic nitrogens is 2. The summed E-state index contributed by atoms with van der Waals surface area (Å²) in [6, 6.07) is 1.90. The van der Waals surface area contributed by atoms with Gasteiger partial charge in [-0.15, -0.1) is 0 Å². The number of aliphatic hydroxyl groups excluding tert-OH is 1. The normalized spacial score (nSPS) is 11.6. The van der Waals surface area contributed by atoms with Gasteiger partial charge in [-0.05, 0) is 46.1 Å². The molecule has 0 unspecified atom stereocenters. The molecule has 0 aromatic carbocycles. The van der Waals surface area contributed by atoms with Crippen LogP contribution in [-0.2, 0) is 21.5 Å². The quantitative estimate of drug-likeness (QED) is 0.591. The second-order valence-corrected chi connectivity index (χ2v) is 4.71. The Morgan fingerprint density at radius 3 is 2.83 bits per heavy atom. The van der Waals surface area contributed by atoms with E-state index in [4.69, 9.17) is 9.84 Å². The Morgan fingerprint density at radius 2 is 2.22 bits per heavy atom. The van der Waals surface area contributed by atoms with Crippen molar-refractivity contribution in [2.75, 3.05) is 13.2 Å². The maximum absolute atomic E-state index is 11.8. The number of aryl methyl sites for hydroxylation is 1. The lowest BCUT2D eigenvalue weighted by Crippen LogP contribution is -2.38. The van der Waals surface area contributed by atoms with Crippen LogP contribution in [0, 0.1) is 0 Å². The minimum absolute atomic E-state index is 0.203. The van der Waals surface area contributed by atoms with Crippen molar-refractivity contribution in [2.24, 2.45) is 0 Å². The van der Waals surface area contributed by atoms with Gasteiger partial charge in [-0.3, -0.25) is 4.68 Å². The summed E-state index contributed by atoms with van der Waals surface area (Å²) in [6.45, 7) is 5.93. The summed E-state index contributed by atoms with van der Waals surface area (Å²) in [4.78, 5) is 11.8. The van der Waals surface area contributed by atoms with Crippen molar-refractivity contribution in [3.05, 3.63) is 18.0 Å². The third kappa shape index (κ3) is 3.57. The van der Waals surface area contributed by atoms with Crippen molar-refractivity contribution >= 4 is 5.97 Å². The van der Waals surface area contributed by atoms with Gasteiger partial charge < -0.3 is 9.84 Å². The van der Waals surface area contributed by atoms with E-state index < -0.39 is 5.54 Å². The molecule has 5 heteroatoms. The third-order valence-electron chi connectivity index (χ3n) is 2.83. The van der Waals surface area contributed by atoms with E-state index in [1.165, 1.54) is 0 Å². The lowest BCUT2D eigenvalue weighted by atomic mass is 10.1. The number of carbonyl (C=O) groups excluding carboxylic acids is 1. The van der Waals surface area contributed by atoms with Gasteiger partial charge >= 0.3 is 5.97 Å². The van der Waals surface area contributed by atoms with E-state index in [9.17, 15) is 4.79 Å². The standard InChI is InChI=1S/C13H22N2O3/c1-4-18-12(17)13(2,3)15-9-8-11(14-15)7-5-6-10-16/h8-9,16H,4-7,10H2,1-3H3. The number of ether oxygens (including phenoxy) is 1. The fourth-order valence-corrected chi connectivity index (χ4v) is 1.63. The van der Waals surface area contributed by atoms with E-state index in [0.717, 1.165) is 25.0 Å². The van der Waals surface area contributed by atoms with Gasteiger partial charge in [0.25, 0.3) is 0 Å². The highest BCUT2D eigenvalue weighted by atomic mass is 16.5. The SMILES string of the molecule is CCOC(=O)C(C)(C)n1ccc(CCCCO)n1. The minimum Gasteiger partial charge on any atom is -0.464 e. The van der Waals surface area contributed by atoms with Crippen LogP contribution in [0.15, 0.2) is 12.3 Å². The fourth-order valence-electron chi connectivity index (χ4n) is 1.63. The highest BCUT2D eigenvalue weighted by Gasteiger charge is 2.32. The predicted octanol–water partition coefficient (Wildman–Crippen LogP) is 1.50. The molecule has 1 N–H and O–H groups in total. The van der Waals surface area contributed by atoms with Crippen LogP contribution in [0.4, 0.5) is 0 Å². The lowest BCUT2D eigenvalue weighted by molar-refractivity contribution is -0.152. The summed E-state index contributed by atoms with van der Waals surface area (Å²) in [5.41, 5.74) is 0.145. The molecular formula is C13H22N2O3. The van der Waals surface area contributed by atoms with Crippen molar-refractivity contribution < 1.29 is 14.6 Å². The number of aliphatic hydroxyl groups is 1. The average Bonchev–Trinajstić information content (AvgIpc) is 2.79. The van der Waals surface area contributed by atoms with Crippen LogP contribution in [0.25, 0.3) is 0 Å². The molecule has 1 heterocycles. The zero-order valence-electron chi connectivity index (χ0n) is 11.3. The average molecular weight is 254 g/mol. The Labute approximate surface area is 108 Å². The van der Waals surface area contributed by atoms with Gasteiger partial charge in [-0.1, -0.05) is 0 Å². The topological polar surface area (TPSA) is 64.3 Å². The molecule has 0 amide bonds. The van der Waals surface area contributed by atoms with E-state index in [1.54, 1.807) is 31.6 Å². The van der Waals surface area contributed by atoms with Gasteiger partial charge in [-0.25, -0.2) is 4.79 Å². The van der Waals surface area contributed by atoms with E-state index in [2.05, 4.69) is 5.10 Å². The molecule has 0 radical (unpaired) electrons. The van der Waals surface area contributed by atoms with Crippen molar-refractivity contribution in [3.63, 3.8) is 0 Å². The molecule has 0 atom stereocenters. The van der Waals surface area contributed by atoms with Gasteiger partial charge in [0.2, 0.25) is 0 Å². The van der Waals surface area contributed by atoms with E-state index in [-0.39, 0.29) is 12.6 Å². The molecule has 0 spiro atoms. The molecule has 5 nitrogen and oxygen atoms in total. The Balaban J connectivity index is 2.68. The van der Waals surface area contributed by atoms with Crippen LogP contribution in [0.1, 0.15) is 39.3 Å². The highest BCUT2D eigenvalue weighted by Crippen LogP contribution is 2.17. The summed E-state index contributed by atoms with van der Waals surface area (Å²) in [7, 11) is 0. The molecule has 102 valence electrons. The summed E-state index contributed by atoms with van der Waals surface area (Å²) in [5, 5.41) is 13.1. The number of hydrogen-bond acceptors (Lipinski definition) is 4. The molecule has 0 fully saturated rings. The zero-order chi connectivity index (χ0) is 13.6. The van der Waals surface area contributed by atoms with Crippen LogP contribution >= 0.6 is 0 Å². The number of nitrogens with zero attached hydrogens (tertiary/aromatic N) is 2. The summed E-state index contributed by atoms with van der Waals surface area (Å²) in [5.74, 6) is -0.282. The summed E-state index contributed by atoms with van der Waals surface area (Å²) in [6.07, 6.45) is 4.28. The Morgan fingerprint density at radius 1 is 1.50 bits per heavy atom. The van der Waals surface area contributed by atoms with Crippen molar-refractivity contribution in [2.45, 2.75) is 45.6 Å². The smallest absolute Gasteiger partial charge is 0.333 e. The monoisotopic (exact) mass is 254 g/mol. The van der Waals surface area contributed by atoms with Crippen LogP contribution in [0.3, 0.4) is 0 Å².